The number of rotatable bonds is 8. The number of hydrogen-bond acceptors (Lipinski definition) is 8. The smallest absolute Gasteiger partial charge is 0.236 e. The Bertz CT molecular complexity index is 1970. The zero-order valence-corrected chi connectivity index (χ0v) is 32.1. The Balaban J connectivity index is 0.990. The lowest BCUT2D eigenvalue weighted by Gasteiger charge is -2.20. The normalized spacial score (nSPS) is 13.8. The molecular weight excluding hydrogens is 733 g/mol. The molecule has 10 heteroatoms. The maximum atomic E-state index is 13.8. The Kier molecular flexibility index (Phi) is 14.0. The van der Waals surface area contributed by atoms with E-state index in [1.54, 1.807) is 36.4 Å². The lowest BCUT2D eigenvalue weighted by Crippen LogP contribution is -2.22. The minimum Gasteiger partial charge on any atom is -0.487 e. The van der Waals surface area contributed by atoms with E-state index in [4.69, 9.17) is 28.4 Å². The second kappa shape index (κ2) is 20.5. The van der Waals surface area contributed by atoms with E-state index in [0.29, 0.717) is 47.6 Å². The van der Waals surface area contributed by atoms with E-state index in [9.17, 15) is 9.59 Å². The Morgan fingerprint density at radius 3 is 0.966 bits per heavy atom. The maximum Gasteiger partial charge on any atom is 0.236 e. The van der Waals surface area contributed by atoms with Crippen molar-refractivity contribution in [3.63, 3.8) is 0 Å². The number of fused-ring (bicyclic) bond motifs is 2. The van der Waals surface area contributed by atoms with Gasteiger partial charge in [-0.25, -0.2) is 0 Å². The number of benzene rings is 6. The highest BCUT2D eigenvalue weighted by Gasteiger charge is 2.25. The first-order valence-corrected chi connectivity index (χ1v) is 19.4. The fourth-order valence-electron chi connectivity index (χ4n) is 6.68. The van der Waals surface area contributed by atoms with Gasteiger partial charge in [0.05, 0.1) is 38.3 Å². The molecule has 0 unspecified atom stereocenters. The summed E-state index contributed by atoms with van der Waals surface area (Å²) in [6.45, 7) is 2.12. The summed E-state index contributed by atoms with van der Waals surface area (Å²) >= 11 is 0. The molecule has 7 rings (SSSR count). The van der Waals surface area contributed by atoms with Gasteiger partial charge in [-0.3, -0.25) is 9.59 Å². The largest absolute Gasteiger partial charge is 0.487 e. The van der Waals surface area contributed by atoms with Gasteiger partial charge in [-0.2, -0.15) is 0 Å². The van der Waals surface area contributed by atoms with E-state index in [1.807, 2.05) is 121 Å². The third kappa shape index (κ3) is 10.8. The van der Waals surface area contributed by atoms with Crippen molar-refractivity contribution in [3.8, 4) is 23.0 Å². The van der Waals surface area contributed by atoms with Crippen LogP contribution in [0.2, 0.25) is 0 Å². The van der Waals surface area contributed by atoms with Crippen molar-refractivity contribution in [3.05, 3.63) is 180 Å². The van der Waals surface area contributed by atoms with E-state index < -0.39 is 11.8 Å². The summed E-state index contributed by atoms with van der Waals surface area (Å²) < 4.78 is 36.1. The first-order chi connectivity index (χ1) is 28.6. The van der Waals surface area contributed by atoms with Crippen molar-refractivity contribution >= 4 is 23.2 Å². The average Bonchev–Trinajstić information content (AvgIpc) is 3.25. The predicted octanol–water partition coefficient (Wildman–Crippen LogP) is 8.49. The summed E-state index contributed by atoms with van der Waals surface area (Å²) in [6.07, 6.45) is 0. The molecule has 0 aliphatic carbocycles. The standard InChI is InChI=1S/C48H46N2O8/c51-47(45(35-13-5-1-6-14-35)36-15-7-2-8-16-36)49-39-21-23-41-43(33-39)57-31-27-54-28-32-58-44-34-40(22-24-42(44)56-30-26-53-25-29-55-41)50-48(52)46(37-17-9-3-10-18-37)38-19-11-4-12-20-38/h1-24,33-34,45-46H,25-32H2,(H,49,51)(H,50,52). The molecule has 1 aliphatic heterocycles. The van der Waals surface area contributed by atoms with E-state index in [-0.39, 0.29) is 51.5 Å². The van der Waals surface area contributed by atoms with E-state index in [1.165, 1.54) is 0 Å². The molecule has 0 saturated heterocycles. The van der Waals surface area contributed by atoms with Crippen LogP contribution in [-0.2, 0) is 19.1 Å². The first-order valence-electron chi connectivity index (χ1n) is 19.4. The van der Waals surface area contributed by atoms with Crippen molar-refractivity contribution < 1.29 is 38.0 Å². The number of anilines is 2. The van der Waals surface area contributed by atoms with Gasteiger partial charge in [-0.1, -0.05) is 121 Å². The van der Waals surface area contributed by atoms with E-state index in [0.717, 1.165) is 22.3 Å². The van der Waals surface area contributed by atoms with Crippen molar-refractivity contribution in [1.29, 1.82) is 0 Å². The van der Waals surface area contributed by atoms with Gasteiger partial charge in [0.15, 0.2) is 23.0 Å². The molecule has 0 spiro atoms. The number of nitrogens with one attached hydrogen (secondary N) is 2. The van der Waals surface area contributed by atoms with Crippen molar-refractivity contribution in [2.24, 2.45) is 0 Å². The highest BCUT2D eigenvalue weighted by atomic mass is 16.6. The molecule has 2 N–H and O–H groups in total. The molecular formula is C48H46N2O8. The first kappa shape index (κ1) is 39.6. The van der Waals surface area contributed by atoms with Crippen LogP contribution in [0.25, 0.3) is 0 Å². The van der Waals surface area contributed by atoms with Gasteiger partial charge in [-0.05, 0) is 46.5 Å². The van der Waals surface area contributed by atoms with Crippen LogP contribution in [0.5, 0.6) is 23.0 Å². The molecule has 0 fully saturated rings. The Morgan fingerprint density at radius 1 is 0.362 bits per heavy atom. The maximum absolute atomic E-state index is 13.8. The Labute approximate surface area is 338 Å². The summed E-state index contributed by atoms with van der Waals surface area (Å²) in [6, 6.07) is 49.4. The Hall–Kier alpha value is -6.62. The highest BCUT2D eigenvalue weighted by molar-refractivity contribution is 5.99. The molecule has 6 aromatic rings. The fraction of sp³-hybridized carbons (Fsp3) is 0.208. The molecule has 296 valence electrons. The summed E-state index contributed by atoms with van der Waals surface area (Å²) in [4.78, 5) is 27.6. The van der Waals surface area contributed by atoms with Gasteiger partial charge in [0.1, 0.15) is 26.4 Å². The number of ether oxygens (including phenoxy) is 6. The van der Waals surface area contributed by atoms with Crippen molar-refractivity contribution in [1.82, 2.24) is 0 Å². The van der Waals surface area contributed by atoms with Crippen molar-refractivity contribution in [2.75, 3.05) is 63.5 Å². The topological polar surface area (TPSA) is 114 Å². The molecule has 0 aromatic heterocycles. The van der Waals surface area contributed by atoms with Gasteiger partial charge >= 0.3 is 0 Å². The van der Waals surface area contributed by atoms with Gasteiger partial charge in [-0.15, -0.1) is 0 Å². The summed E-state index contributed by atoms with van der Waals surface area (Å²) in [5.41, 5.74) is 4.69. The number of amides is 2. The summed E-state index contributed by atoms with van der Waals surface area (Å²) in [5, 5.41) is 6.16. The molecule has 58 heavy (non-hydrogen) atoms. The van der Waals surface area contributed by atoms with Crippen LogP contribution in [0.15, 0.2) is 158 Å². The van der Waals surface area contributed by atoms with E-state index in [2.05, 4.69) is 10.6 Å². The molecule has 10 nitrogen and oxygen atoms in total. The summed E-state index contributed by atoms with van der Waals surface area (Å²) in [7, 11) is 0. The molecule has 0 bridgehead atoms. The molecule has 0 radical (unpaired) electrons. The quantitative estimate of drug-likeness (QED) is 0.158. The minimum absolute atomic E-state index is 0.169. The molecule has 0 atom stereocenters. The lowest BCUT2D eigenvalue weighted by molar-refractivity contribution is -0.117. The average molecular weight is 779 g/mol. The fourth-order valence-corrected chi connectivity index (χ4v) is 6.68. The molecule has 1 heterocycles. The van der Waals surface area contributed by atoms with Crippen LogP contribution in [-0.4, -0.2) is 64.7 Å². The van der Waals surface area contributed by atoms with Gasteiger partial charge in [0.2, 0.25) is 11.8 Å². The second-order valence-corrected chi connectivity index (χ2v) is 13.4. The SMILES string of the molecule is O=C(Nc1ccc2c(c1)OCCOCCOc1cc(NC(=O)C(c3ccccc3)c3ccccc3)ccc1OCCOCCO2)C(c1ccccc1)c1ccccc1. The van der Waals surface area contributed by atoms with Gasteiger partial charge in [0, 0.05) is 23.5 Å². The van der Waals surface area contributed by atoms with Gasteiger partial charge < -0.3 is 39.1 Å². The summed E-state index contributed by atoms with van der Waals surface area (Å²) in [5.74, 6) is 0.604. The molecule has 0 saturated carbocycles. The second-order valence-electron chi connectivity index (χ2n) is 13.4. The zero-order chi connectivity index (χ0) is 39.8. The number of carbonyl (C=O) groups is 2. The zero-order valence-electron chi connectivity index (χ0n) is 32.1. The van der Waals surface area contributed by atoms with Crippen LogP contribution in [0.3, 0.4) is 0 Å². The number of hydrogen-bond donors (Lipinski definition) is 2. The van der Waals surface area contributed by atoms with Crippen LogP contribution >= 0.6 is 0 Å². The van der Waals surface area contributed by atoms with Crippen LogP contribution in [0, 0.1) is 0 Å². The van der Waals surface area contributed by atoms with Crippen LogP contribution in [0.1, 0.15) is 34.1 Å². The predicted molar refractivity (Wildman–Crippen MR) is 223 cm³/mol. The van der Waals surface area contributed by atoms with Gasteiger partial charge in [0.25, 0.3) is 0 Å². The van der Waals surface area contributed by atoms with E-state index >= 15 is 0 Å². The lowest BCUT2D eigenvalue weighted by atomic mass is 9.90. The number of carbonyl (C=O) groups excluding carboxylic acids is 2. The third-order valence-electron chi connectivity index (χ3n) is 9.42. The minimum atomic E-state index is -0.504. The third-order valence-corrected chi connectivity index (χ3v) is 9.42. The van der Waals surface area contributed by atoms with Crippen molar-refractivity contribution in [2.45, 2.75) is 11.8 Å². The molecule has 1 aliphatic rings. The monoisotopic (exact) mass is 778 g/mol. The molecule has 6 aromatic carbocycles. The van der Waals surface area contributed by atoms with Crippen LogP contribution < -0.4 is 29.6 Å². The van der Waals surface area contributed by atoms with Crippen LogP contribution in [0.4, 0.5) is 11.4 Å². The molecule has 2 amide bonds. The highest BCUT2D eigenvalue weighted by Crippen LogP contribution is 2.34. The Morgan fingerprint density at radius 2 is 0.655 bits per heavy atom.